The molecule has 1 aliphatic heterocycles. The summed E-state index contributed by atoms with van der Waals surface area (Å²) in [5.41, 5.74) is 1.36. The van der Waals surface area contributed by atoms with Crippen molar-refractivity contribution in [3.63, 3.8) is 0 Å². The summed E-state index contributed by atoms with van der Waals surface area (Å²) in [6.45, 7) is 5.28. The summed E-state index contributed by atoms with van der Waals surface area (Å²) in [7, 11) is 0. The molecule has 0 spiro atoms. The standard InChI is InChI=1S/C11H17NOS/c1-9-6-11(14-8-9)7-12-4-2-10(13)3-5-12/h6,8,10,13H,2-5,7H2,1H3. The Hall–Kier alpha value is -0.380. The average Bonchev–Trinajstić information content (AvgIpc) is 2.56. The number of aliphatic hydroxyl groups excluding tert-OH is 1. The minimum Gasteiger partial charge on any atom is -0.393 e. The average molecular weight is 211 g/mol. The topological polar surface area (TPSA) is 23.5 Å². The van der Waals surface area contributed by atoms with Gasteiger partial charge in [0.1, 0.15) is 0 Å². The van der Waals surface area contributed by atoms with Gasteiger partial charge in [-0.25, -0.2) is 0 Å². The Labute approximate surface area is 89.2 Å². The van der Waals surface area contributed by atoms with Crippen molar-refractivity contribution in [2.45, 2.75) is 32.4 Å². The van der Waals surface area contributed by atoms with Gasteiger partial charge in [0.05, 0.1) is 6.10 Å². The van der Waals surface area contributed by atoms with Crippen molar-refractivity contribution in [2.24, 2.45) is 0 Å². The highest BCUT2D eigenvalue weighted by Crippen LogP contribution is 2.18. The highest BCUT2D eigenvalue weighted by atomic mass is 32.1. The Morgan fingerprint density at radius 3 is 2.79 bits per heavy atom. The van der Waals surface area contributed by atoms with E-state index in [1.807, 2.05) is 11.3 Å². The molecule has 0 unspecified atom stereocenters. The van der Waals surface area contributed by atoms with E-state index in [1.54, 1.807) is 0 Å². The van der Waals surface area contributed by atoms with Crippen LogP contribution in [0.25, 0.3) is 0 Å². The first-order chi connectivity index (χ1) is 6.74. The molecule has 14 heavy (non-hydrogen) atoms. The van der Waals surface area contributed by atoms with Crippen LogP contribution in [0.1, 0.15) is 23.3 Å². The Bertz CT molecular complexity index is 289. The van der Waals surface area contributed by atoms with Gasteiger partial charge in [0, 0.05) is 24.5 Å². The largest absolute Gasteiger partial charge is 0.393 e. The van der Waals surface area contributed by atoms with Gasteiger partial charge in [-0.05, 0) is 36.8 Å². The molecule has 2 rings (SSSR count). The Balaban J connectivity index is 1.86. The number of hydrogen-bond acceptors (Lipinski definition) is 3. The molecule has 2 heterocycles. The molecule has 1 N–H and O–H groups in total. The Morgan fingerprint density at radius 1 is 1.50 bits per heavy atom. The predicted molar refractivity (Wildman–Crippen MR) is 59.6 cm³/mol. The van der Waals surface area contributed by atoms with Gasteiger partial charge in [-0.15, -0.1) is 11.3 Å². The molecule has 0 aliphatic carbocycles. The second-order valence-electron chi connectivity index (χ2n) is 4.10. The molecule has 0 aromatic carbocycles. The number of piperidine rings is 1. The van der Waals surface area contributed by atoms with Crippen LogP contribution in [-0.4, -0.2) is 29.2 Å². The number of aryl methyl sites for hydroxylation is 1. The fourth-order valence-corrected chi connectivity index (χ4v) is 2.79. The summed E-state index contributed by atoms with van der Waals surface area (Å²) < 4.78 is 0. The minimum absolute atomic E-state index is 0.0590. The molecule has 2 nitrogen and oxygen atoms in total. The lowest BCUT2D eigenvalue weighted by Gasteiger charge is -2.28. The summed E-state index contributed by atoms with van der Waals surface area (Å²) in [5, 5.41) is 11.6. The second-order valence-corrected chi connectivity index (χ2v) is 5.09. The van der Waals surface area contributed by atoms with E-state index in [0.29, 0.717) is 0 Å². The van der Waals surface area contributed by atoms with Crippen molar-refractivity contribution in [3.8, 4) is 0 Å². The van der Waals surface area contributed by atoms with Crippen LogP contribution in [0.3, 0.4) is 0 Å². The van der Waals surface area contributed by atoms with E-state index in [-0.39, 0.29) is 6.10 Å². The second kappa shape index (κ2) is 4.43. The number of nitrogens with zero attached hydrogens (tertiary/aromatic N) is 1. The number of hydrogen-bond donors (Lipinski definition) is 1. The van der Waals surface area contributed by atoms with Crippen LogP contribution in [-0.2, 0) is 6.54 Å². The SMILES string of the molecule is Cc1csc(CN2CCC(O)CC2)c1. The molecule has 3 heteroatoms. The van der Waals surface area contributed by atoms with E-state index >= 15 is 0 Å². The zero-order valence-corrected chi connectivity index (χ0v) is 9.39. The van der Waals surface area contributed by atoms with Crippen molar-refractivity contribution < 1.29 is 5.11 Å². The molecular weight excluding hydrogens is 194 g/mol. The summed E-state index contributed by atoms with van der Waals surface area (Å²) >= 11 is 1.84. The Kier molecular flexibility index (Phi) is 3.21. The normalized spacial score (nSPS) is 20.1. The number of likely N-dealkylation sites (tertiary alicyclic amines) is 1. The highest BCUT2D eigenvalue weighted by molar-refractivity contribution is 7.10. The molecule has 1 saturated heterocycles. The molecule has 0 atom stereocenters. The zero-order valence-electron chi connectivity index (χ0n) is 8.57. The van der Waals surface area contributed by atoms with E-state index in [1.165, 1.54) is 10.4 Å². The van der Waals surface area contributed by atoms with Crippen LogP contribution < -0.4 is 0 Å². The predicted octanol–water partition coefficient (Wildman–Crippen LogP) is 2.01. The van der Waals surface area contributed by atoms with Crippen molar-refractivity contribution in [2.75, 3.05) is 13.1 Å². The summed E-state index contributed by atoms with van der Waals surface area (Å²) in [4.78, 5) is 3.87. The van der Waals surface area contributed by atoms with Crippen LogP contribution in [0.2, 0.25) is 0 Å². The van der Waals surface area contributed by atoms with Gasteiger partial charge < -0.3 is 5.11 Å². The van der Waals surface area contributed by atoms with Crippen molar-refractivity contribution >= 4 is 11.3 Å². The zero-order chi connectivity index (χ0) is 9.97. The maximum Gasteiger partial charge on any atom is 0.0564 e. The first-order valence-electron chi connectivity index (χ1n) is 5.18. The van der Waals surface area contributed by atoms with Crippen LogP contribution in [0.4, 0.5) is 0 Å². The van der Waals surface area contributed by atoms with Gasteiger partial charge in [0.15, 0.2) is 0 Å². The summed E-state index contributed by atoms with van der Waals surface area (Å²) in [5.74, 6) is 0. The summed E-state index contributed by atoms with van der Waals surface area (Å²) in [6, 6.07) is 2.26. The lowest BCUT2D eigenvalue weighted by Crippen LogP contribution is -2.35. The van der Waals surface area contributed by atoms with E-state index in [4.69, 9.17) is 0 Å². The van der Waals surface area contributed by atoms with E-state index in [9.17, 15) is 5.11 Å². The van der Waals surface area contributed by atoms with Crippen molar-refractivity contribution in [1.82, 2.24) is 4.90 Å². The molecule has 0 bridgehead atoms. The minimum atomic E-state index is -0.0590. The lowest BCUT2D eigenvalue weighted by atomic mass is 10.1. The highest BCUT2D eigenvalue weighted by Gasteiger charge is 2.16. The van der Waals surface area contributed by atoms with Gasteiger partial charge in [-0.3, -0.25) is 4.90 Å². The number of rotatable bonds is 2. The van der Waals surface area contributed by atoms with Crippen LogP contribution in [0.5, 0.6) is 0 Å². The molecule has 1 aromatic rings. The third-order valence-electron chi connectivity index (χ3n) is 2.72. The molecule has 78 valence electrons. The summed E-state index contributed by atoms with van der Waals surface area (Å²) in [6.07, 6.45) is 1.81. The fourth-order valence-electron chi connectivity index (χ4n) is 1.87. The van der Waals surface area contributed by atoms with Crippen molar-refractivity contribution in [1.29, 1.82) is 0 Å². The third-order valence-corrected chi connectivity index (χ3v) is 3.76. The van der Waals surface area contributed by atoms with Crippen LogP contribution in [0, 0.1) is 6.92 Å². The van der Waals surface area contributed by atoms with E-state index in [2.05, 4.69) is 23.3 Å². The Morgan fingerprint density at radius 2 is 2.21 bits per heavy atom. The number of thiophene rings is 1. The van der Waals surface area contributed by atoms with Gasteiger partial charge in [0.25, 0.3) is 0 Å². The molecule has 0 amide bonds. The van der Waals surface area contributed by atoms with Gasteiger partial charge in [-0.1, -0.05) is 0 Å². The van der Waals surface area contributed by atoms with Crippen LogP contribution in [0.15, 0.2) is 11.4 Å². The van der Waals surface area contributed by atoms with Gasteiger partial charge >= 0.3 is 0 Å². The molecule has 1 aromatic heterocycles. The molecule has 1 fully saturated rings. The maximum atomic E-state index is 9.37. The molecular formula is C11H17NOS. The lowest BCUT2D eigenvalue weighted by molar-refractivity contribution is 0.0797. The first-order valence-corrected chi connectivity index (χ1v) is 6.06. The number of aliphatic hydroxyl groups is 1. The molecule has 0 radical (unpaired) electrons. The first kappa shape index (κ1) is 10.1. The van der Waals surface area contributed by atoms with E-state index in [0.717, 1.165) is 32.5 Å². The quantitative estimate of drug-likeness (QED) is 0.809. The molecule has 1 aliphatic rings. The smallest absolute Gasteiger partial charge is 0.0564 e. The van der Waals surface area contributed by atoms with Gasteiger partial charge in [-0.2, -0.15) is 0 Å². The van der Waals surface area contributed by atoms with Crippen molar-refractivity contribution in [3.05, 3.63) is 21.9 Å². The van der Waals surface area contributed by atoms with Gasteiger partial charge in [0.2, 0.25) is 0 Å². The van der Waals surface area contributed by atoms with Crippen LogP contribution >= 0.6 is 11.3 Å². The monoisotopic (exact) mass is 211 g/mol. The fraction of sp³-hybridized carbons (Fsp3) is 0.636. The van der Waals surface area contributed by atoms with E-state index < -0.39 is 0 Å². The third kappa shape index (κ3) is 2.56. The molecule has 0 saturated carbocycles. The maximum absolute atomic E-state index is 9.37.